The second-order valence-corrected chi connectivity index (χ2v) is 8.44. The van der Waals surface area contributed by atoms with Crippen LogP contribution in [0, 0.1) is 30.6 Å². The molecule has 0 saturated heterocycles. The van der Waals surface area contributed by atoms with Gasteiger partial charge in [0.05, 0.1) is 5.69 Å². The first kappa shape index (κ1) is 14.5. The van der Waals surface area contributed by atoms with Crippen LogP contribution in [0.1, 0.15) is 37.7 Å². The Morgan fingerprint density at radius 1 is 1.23 bits per heavy atom. The van der Waals surface area contributed by atoms with Crippen LogP contribution < -0.4 is 16.4 Å². The monoisotopic (exact) mass is 319 g/mol. The first-order valence-electron chi connectivity index (χ1n) is 8.41. The fourth-order valence-corrected chi connectivity index (χ4v) is 6.02. The summed E-state index contributed by atoms with van der Waals surface area (Å²) in [5.74, 6) is 3.02. The van der Waals surface area contributed by atoms with Crippen LogP contribution in [0.4, 0.5) is 10.5 Å². The van der Waals surface area contributed by atoms with E-state index < -0.39 is 0 Å². The van der Waals surface area contributed by atoms with E-state index in [2.05, 4.69) is 10.6 Å². The molecule has 0 unspecified atom stereocenters. The van der Waals surface area contributed by atoms with E-state index in [1.165, 1.54) is 32.1 Å². The molecular formula is C17H25N3OS. The topological polar surface area (TPSA) is 67.2 Å². The minimum absolute atomic E-state index is 0.125. The van der Waals surface area contributed by atoms with Crippen LogP contribution in [-0.4, -0.2) is 18.1 Å². The van der Waals surface area contributed by atoms with E-state index >= 15 is 0 Å². The van der Waals surface area contributed by atoms with Crippen molar-refractivity contribution in [3.8, 4) is 0 Å². The highest BCUT2D eigenvalue weighted by atomic mass is 32.1. The third-order valence-electron chi connectivity index (χ3n) is 6.32. The Labute approximate surface area is 135 Å². The minimum Gasteiger partial charge on any atom is -0.336 e. The molecule has 4 aliphatic rings. The van der Waals surface area contributed by atoms with Crippen molar-refractivity contribution in [2.45, 2.75) is 44.6 Å². The molecule has 4 aliphatic carbocycles. The summed E-state index contributed by atoms with van der Waals surface area (Å²) in [6.45, 7) is 2.62. The fourth-order valence-electron chi connectivity index (χ4n) is 5.24. The van der Waals surface area contributed by atoms with Crippen LogP contribution in [0.3, 0.4) is 0 Å². The highest BCUT2D eigenvalue weighted by molar-refractivity contribution is 7.08. The second kappa shape index (κ2) is 5.24. The van der Waals surface area contributed by atoms with E-state index in [9.17, 15) is 4.79 Å². The molecule has 0 aromatic carbocycles. The van der Waals surface area contributed by atoms with Gasteiger partial charge in [-0.05, 0) is 73.6 Å². The van der Waals surface area contributed by atoms with Crippen molar-refractivity contribution in [3.63, 3.8) is 0 Å². The van der Waals surface area contributed by atoms with Crippen molar-refractivity contribution in [1.82, 2.24) is 5.32 Å². The van der Waals surface area contributed by atoms with E-state index in [0.29, 0.717) is 18.4 Å². The second-order valence-electron chi connectivity index (χ2n) is 7.69. The van der Waals surface area contributed by atoms with Gasteiger partial charge in [0.15, 0.2) is 0 Å². The third-order valence-corrected chi connectivity index (χ3v) is 7.18. The minimum atomic E-state index is -0.186. The highest BCUT2D eigenvalue weighted by Gasteiger charge is 2.55. The number of carbonyl (C=O) groups is 1. The van der Waals surface area contributed by atoms with Gasteiger partial charge in [0.1, 0.15) is 0 Å². The van der Waals surface area contributed by atoms with Gasteiger partial charge in [0.2, 0.25) is 0 Å². The number of urea groups is 1. The molecule has 22 heavy (non-hydrogen) atoms. The average molecular weight is 319 g/mol. The summed E-state index contributed by atoms with van der Waals surface area (Å²) in [6, 6.07) is -0.125. The Kier molecular flexibility index (Phi) is 3.46. The molecule has 0 spiro atoms. The number of carbonyl (C=O) groups excluding carboxylic acids is 1. The molecule has 4 nitrogen and oxygen atoms in total. The number of rotatable bonds is 3. The number of anilines is 1. The lowest BCUT2D eigenvalue weighted by Gasteiger charge is -2.59. The fraction of sp³-hybridized carbons (Fsp3) is 0.706. The zero-order chi connectivity index (χ0) is 15.3. The lowest BCUT2D eigenvalue weighted by atomic mass is 9.49. The largest absolute Gasteiger partial charge is 0.336 e. The van der Waals surface area contributed by atoms with E-state index in [1.807, 2.05) is 17.7 Å². The van der Waals surface area contributed by atoms with Gasteiger partial charge in [0, 0.05) is 17.5 Å². The van der Waals surface area contributed by atoms with Gasteiger partial charge in [-0.15, -0.1) is 11.3 Å². The summed E-state index contributed by atoms with van der Waals surface area (Å²) in [5, 5.41) is 9.99. The van der Waals surface area contributed by atoms with Crippen LogP contribution in [-0.2, 0) is 0 Å². The van der Waals surface area contributed by atoms with Crippen LogP contribution in [0.25, 0.3) is 0 Å². The van der Waals surface area contributed by atoms with Crippen LogP contribution in [0.5, 0.6) is 0 Å². The molecular weight excluding hydrogens is 294 g/mol. The van der Waals surface area contributed by atoms with Gasteiger partial charge in [-0.3, -0.25) is 0 Å². The van der Waals surface area contributed by atoms with Crippen LogP contribution >= 0.6 is 11.3 Å². The van der Waals surface area contributed by atoms with Crippen molar-refractivity contribution >= 4 is 23.1 Å². The molecule has 4 N–H and O–H groups in total. The standard InChI is InChI=1S/C17H25N3OS/c1-10-7-22-8-15(10)20-16(21)19-9-17(18)13-3-11-2-12(5-13)6-14(17)4-11/h7-8,11-14H,2-6,9,18H2,1H3,(H2,19,20,21). The predicted molar refractivity (Wildman–Crippen MR) is 90.0 cm³/mol. The van der Waals surface area contributed by atoms with Gasteiger partial charge >= 0.3 is 6.03 Å². The summed E-state index contributed by atoms with van der Waals surface area (Å²) >= 11 is 1.61. The van der Waals surface area contributed by atoms with Gasteiger partial charge in [-0.2, -0.15) is 0 Å². The molecule has 1 aromatic heterocycles. The molecule has 120 valence electrons. The predicted octanol–water partition coefficient (Wildman–Crippen LogP) is 3.33. The first-order valence-corrected chi connectivity index (χ1v) is 9.35. The molecule has 0 atom stereocenters. The smallest absolute Gasteiger partial charge is 0.319 e. The normalized spacial score (nSPS) is 39.0. The van der Waals surface area contributed by atoms with Crippen molar-refractivity contribution in [2.24, 2.45) is 29.4 Å². The molecule has 0 aliphatic heterocycles. The van der Waals surface area contributed by atoms with Gasteiger partial charge < -0.3 is 16.4 Å². The molecule has 2 amide bonds. The van der Waals surface area contributed by atoms with Crippen molar-refractivity contribution in [1.29, 1.82) is 0 Å². The summed E-state index contributed by atoms with van der Waals surface area (Å²) in [5.41, 5.74) is 8.63. The molecule has 0 radical (unpaired) electrons. The maximum absolute atomic E-state index is 12.2. The van der Waals surface area contributed by atoms with E-state index in [4.69, 9.17) is 5.73 Å². The quantitative estimate of drug-likeness (QED) is 0.800. The maximum atomic E-state index is 12.2. The van der Waals surface area contributed by atoms with Crippen molar-refractivity contribution in [3.05, 3.63) is 16.3 Å². The number of nitrogens with one attached hydrogen (secondary N) is 2. The number of nitrogens with two attached hydrogens (primary N) is 1. The highest BCUT2D eigenvalue weighted by Crippen LogP contribution is 2.57. The van der Waals surface area contributed by atoms with E-state index in [1.54, 1.807) is 11.3 Å². The lowest BCUT2D eigenvalue weighted by Crippen LogP contribution is -2.67. The van der Waals surface area contributed by atoms with Crippen molar-refractivity contribution < 1.29 is 4.79 Å². The van der Waals surface area contributed by atoms with E-state index in [-0.39, 0.29) is 11.6 Å². The Morgan fingerprint density at radius 2 is 1.86 bits per heavy atom. The lowest BCUT2D eigenvalue weighted by molar-refractivity contribution is -0.0528. The first-order chi connectivity index (χ1) is 10.5. The number of hydrogen-bond acceptors (Lipinski definition) is 3. The molecule has 5 rings (SSSR count). The molecule has 5 heteroatoms. The van der Waals surface area contributed by atoms with Crippen molar-refractivity contribution in [2.75, 3.05) is 11.9 Å². The maximum Gasteiger partial charge on any atom is 0.319 e. The van der Waals surface area contributed by atoms with Gasteiger partial charge in [0.25, 0.3) is 0 Å². The Morgan fingerprint density at radius 3 is 2.41 bits per heavy atom. The molecule has 4 bridgehead atoms. The summed E-state index contributed by atoms with van der Waals surface area (Å²) in [6.07, 6.45) is 6.52. The Hall–Kier alpha value is -1.07. The van der Waals surface area contributed by atoms with Crippen LogP contribution in [0.15, 0.2) is 10.8 Å². The molecule has 4 saturated carbocycles. The molecule has 1 aromatic rings. The average Bonchev–Trinajstić information content (AvgIpc) is 2.87. The van der Waals surface area contributed by atoms with E-state index in [0.717, 1.165) is 23.1 Å². The SMILES string of the molecule is Cc1cscc1NC(=O)NCC1(N)C2CC3CC(C2)CC1C3. The number of amides is 2. The molecule has 4 fully saturated rings. The number of hydrogen-bond donors (Lipinski definition) is 3. The van der Waals surface area contributed by atoms with Gasteiger partial charge in [-0.25, -0.2) is 4.79 Å². The Balaban J connectivity index is 1.39. The van der Waals surface area contributed by atoms with Gasteiger partial charge in [-0.1, -0.05) is 0 Å². The summed E-state index contributed by atoms with van der Waals surface area (Å²) in [4.78, 5) is 12.2. The zero-order valence-electron chi connectivity index (χ0n) is 13.1. The number of thiophene rings is 1. The van der Waals surface area contributed by atoms with Crippen LogP contribution in [0.2, 0.25) is 0 Å². The zero-order valence-corrected chi connectivity index (χ0v) is 13.9. The number of aryl methyl sites for hydroxylation is 1. The summed E-state index contributed by atoms with van der Waals surface area (Å²) < 4.78 is 0. The Bertz CT molecular complexity index is 554. The summed E-state index contributed by atoms with van der Waals surface area (Å²) in [7, 11) is 0. The molecule has 1 heterocycles. The third kappa shape index (κ3) is 2.35.